The number of methoxy groups -OCH3 is 3. The third-order valence-electron chi connectivity index (χ3n) is 6.81. The molecule has 4 aliphatic rings. The lowest BCUT2D eigenvalue weighted by Gasteiger charge is -2.63. The first-order chi connectivity index (χ1) is 14.9. The average molecular weight is 422 g/mol. The topological polar surface area (TPSA) is 141 Å². The number of nitrogens with one attached hydrogen (secondary N) is 1. The molecular weight excluding hydrogens is 400 g/mol. The van der Waals surface area contributed by atoms with Gasteiger partial charge >= 0.3 is 0 Å². The molecule has 3 saturated heterocycles. The van der Waals surface area contributed by atoms with Crippen LogP contribution >= 0.6 is 0 Å². The molecule has 9 nitrogen and oxygen atoms in total. The van der Waals surface area contributed by atoms with E-state index in [4.69, 9.17) is 29.1 Å². The number of ether oxygens (including phenoxy) is 5. The molecule has 1 saturated carbocycles. The summed E-state index contributed by atoms with van der Waals surface area (Å²) in [6.07, 6.45) is 1.36. The molecule has 3 heterocycles. The van der Waals surface area contributed by atoms with Crippen LogP contribution in [0, 0.1) is 56.2 Å². The minimum Gasteiger partial charge on any atom is -0.493 e. The Bertz CT molecular complexity index is 1030. The van der Waals surface area contributed by atoms with Crippen molar-refractivity contribution in [3.05, 3.63) is 17.7 Å². The number of fused-ring (bicyclic) bond motifs is 2. The van der Waals surface area contributed by atoms with Gasteiger partial charge in [0.05, 0.1) is 45.5 Å². The number of nitrogens with zero attached hydrogens (tertiary/aromatic N) is 3. The molecule has 2 bridgehead atoms. The largest absolute Gasteiger partial charge is 0.493 e. The summed E-state index contributed by atoms with van der Waals surface area (Å²) in [4.78, 5) is 0. The van der Waals surface area contributed by atoms with E-state index >= 15 is 0 Å². The van der Waals surface area contributed by atoms with Crippen LogP contribution in [0.15, 0.2) is 12.1 Å². The molecule has 0 radical (unpaired) electrons. The maximum Gasteiger partial charge on any atom is 0.218 e. The van der Waals surface area contributed by atoms with Crippen molar-refractivity contribution in [3.8, 4) is 35.5 Å². The minimum atomic E-state index is -1.95. The van der Waals surface area contributed by atoms with Gasteiger partial charge < -0.3 is 23.7 Å². The van der Waals surface area contributed by atoms with Gasteiger partial charge in [0.2, 0.25) is 17.4 Å². The fraction of sp³-hybridized carbons (Fsp3) is 0.545. The summed E-state index contributed by atoms with van der Waals surface area (Å²) in [6.45, 7) is 0. The van der Waals surface area contributed by atoms with E-state index in [2.05, 4.69) is 18.2 Å². The third kappa shape index (κ3) is 2.34. The summed E-state index contributed by atoms with van der Waals surface area (Å²) in [7, 11) is 4.40. The fourth-order valence-electron chi connectivity index (χ4n) is 5.39. The number of rotatable bonds is 4. The number of hydrogen-bond acceptors (Lipinski definition) is 9. The smallest absolute Gasteiger partial charge is 0.218 e. The molecule has 0 unspecified atom stereocenters. The van der Waals surface area contributed by atoms with Crippen molar-refractivity contribution in [1.29, 1.82) is 21.2 Å². The van der Waals surface area contributed by atoms with Crippen LogP contribution in [-0.2, 0) is 9.47 Å². The zero-order valence-corrected chi connectivity index (χ0v) is 17.5. The molecule has 3 aliphatic heterocycles. The van der Waals surface area contributed by atoms with Crippen LogP contribution in [0.5, 0.6) is 17.2 Å². The van der Waals surface area contributed by atoms with Gasteiger partial charge in [0, 0.05) is 6.42 Å². The van der Waals surface area contributed by atoms with Gasteiger partial charge in [0.1, 0.15) is 6.10 Å². The SMILES string of the molecule is COc1cc([C@@H]2O[C@@]34CCCC[C@@H]3C(C#N)(C#N)[C@@]2(C#N)C(=N)O4)cc(OC)c1OC. The van der Waals surface area contributed by atoms with Crippen molar-refractivity contribution in [2.24, 2.45) is 16.7 Å². The van der Waals surface area contributed by atoms with Crippen LogP contribution in [0.2, 0.25) is 0 Å². The Morgan fingerprint density at radius 3 is 2.16 bits per heavy atom. The third-order valence-corrected chi connectivity index (χ3v) is 6.81. The zero-order chi connectivity index (χ0) is 22.4. The molecule has 4 atom stereocenters. The molecule has 160 valence electrons. The molecule has 1 aliphatic carbocycles. The molecule has 1 spiro atoms. The van der Waals surface area contributed by atoms with Crippen molar-refractivity contribution in [3.63, 3.8) is 0 Å². The average Bonchev–Trinajstić information content (AvgIpc) is 2.81. The summed E-state index contributed by atoms with van der Waals surface area (Å²) in [6, 6.07) is 9.58. The highest BCUT2D eigenvalue weighted by Crippen LogP contribution is 2.69. The molecule has 1 aromatic rings. The number of nitriles is 3. The zero-order valence-electron chi connectivity index (χ0n) is 17.5. The number of benzene rings is 1. The van der Waals surface area contributed by atoms with E-state index in [1.54, 1.807) is 12.1 Å². The first-order valence-corrected chi connectivity index (χ1v) is 9.93. The monoisotopic (exact) mass is 422 g/mol. The molecular formula is C22H22N4O5. The predicted molar refractivity (Wildman–Crippen MR) is 105 cm³/mol. The minimum absolute atomic E-state index is 0.333. The normalized spacial score (nSPS) is 32.5. The van der Waals surface area contributed by atoms with Gasteiger partial charge in [-0.3, -0.25) is 5.41 Å². The van der Waals surface area contributed by atoms with Crippen LogP contribution in [0.3, 0.4) is 0 Å². The summed E-state index contributed by atoms with van der Waals surface area (Å²) in [5, 5.41) is 39.5. The van der Waals surface area contributed by atoms with Crippen molar-refractivity contribution in [2.45, 2.75) is 37.6 Å². The van der Waals surface area contributed by atoms with E-state index < -0.39 is 34.5 Å². The van der Waals surface area contributed by atoms with Crippen LogP contribution in [0.4, 0.5) is 0 Å². The molecule has 4 fully saturated rings. The molecule has 9 heteroatoms. The van der Waals surface area contributed by atoms with Crippen LogP contribution in [0.1, 0.15) is 37.4 Å². The van der Waals surface area contributed by atoms with Gasteiger partial charge in [-0.2, -0.15) is 15.8 Å². The molecule has 31 heavy (non-hydrogen) atoms. The highest BCUT2D eigenvalue weighted by molar-refractivity contribution is 5.89. The Morgan fingerprint density at radius 1 is 1.00 bits per heavy atom. The second kappa shape index (κ2) is 7.04. The standard InChI is InChI=1S/C22H22N4O5/c1-27-14-8-13(9-15(28-2)17(14)29-3)18-21(12-25)19(26)31-22(30-18)7-5-4-6-16(22)20(21,10-23)11-24/h8-9,16,18,26H,4-7H2,1-3H3/t16-,18+,21-,22-/m1/s1. The van der Waals surface area contributed by atoms with Gasteiger partial charge in [-0.05, 0) is 30.5 Å². The predicted octanol–water partition coefficient (Wildman–Crippen LogP) is 3.22. The van der Waals surface area contributed by atoms with Crippen molar-refractivity contribution >= 4 is 5.90 Å². The van der Waals surface area contributed by atoms with Crippen LogP contribution < -0.4 is 14.2 Å². The molecule has 1 aromatic carbocycles. The highest BCUT2D eigenvalue weighted by Gasteiger charge is 2.80. The quantitative estimate of drug-likeness (QED) is 0.779. The molecule has 1 N–H and O–H groups in total. The van der Waals surface area contributed by atoms with E-state index in [1.807, 2.05) is 0 Å². The second-order valence-corrected chi connectivity index (χ2v) is 7.95. The van der Waals surface area contributed by atoms with Gasteiger partial charge in [-0.25, -0.2) is 0 Å². The summed E-state index contributed by atoms with van der Waals surface area (Å²) in [5.74, 6) is -1.35. The molecule has 5 rings (SSSR count). The molecule has 0 aromatic heterocycles. The Labute approximate surface area is 180 Å². The maximum atomic E-state index is 10.4. The summed E-state index contributed by atoms with van der Waals surface area (Å²) >= 11 is 0. The Kier molecular flexibility index (Phi) is 4.72. The van der Waals surface area contributed by atoms with Gasteiger partial charge in [-0.15, -0.1) is 0 Å². The van der Waals surface area contributed by atoms with Crippen molar-refractivity contribution in [1.82, 2.24) is 0 Å². The van der Waals surface area contributed by atoms with Crippen molar-refractivity contribution in [2.75, 3.05) is 21.3 Å². The Hall–Kier alpha value is -3.48. The van der Waals surface area contributed by atoms with E-state index in [-0.39, 0.29) is 0 Å². The fourth-order valence-corrected chi connectivity index (χ4v) is 5.39. The first kappa shape index (κ1) is 20.8. The van der Waals surface area contributed by atoms with Gasteiger partial charge in [0.25, 0.3) is 0 Å². The maximum absolute atomic E-state index is 10.4. The van der Waals surface area contributed by atoms with Crippen molar-refractivity contribution < 1.29 is 23.7 Å². The van der Waals surface area contributed by atoms with E-state index in [0.717, 1.165) is 12.8 Å². The molecule has 0 amide bonds. The highest BCUT2D eigenvalue weighted by atomic mass is 16.7. The Morgan fingerprint density at radius 2 is 1.65 bits per heavy atom. The van der Waals surface area contributed by atoms with Crippen LogP contribution in [-0.4, -0.2) is 33.0 Å². The number of hydrogen-bond donors (Lipinski definition) is 1. The van der Waals surface area contributed by atoms with Gasteiger partial charge in [0.15, 0.2) is 22.3 Å². The van der Waals surface area contributed by atoms with E-state index in [0.29, 0.717) is 35.7 Å². The summed E-state index contributed by atoms with van der Waals surface area (Å²) < 4.78 is 28.6. The van der Waals surface area contributed by atoms with Gasteiger partial charge in [-0.1, -0.05) is 6.42 Å². The summed E-state index contributed by atoms with van der Waals surface area (Å²) in [5.41, 5.74) is -3.33. The lowest BCUT2D eigenvalue weighted by atomic mass is 9.48. The second-order valence-electron chi connectivity index (χ2n) is 7.95. The first-order valence-electron chi connectivity index (χ1n) is 9.93. The van der Waals surface area contributed by atoms with E-state index in [9.17, 15) is 15.8 Å². The van der Waals surface area contributed by atoms with E-state index in [1.165, 1.54) is 21.3 Å². The lowest BCUT2D eigenvalue weighted by molar-refractivity contribution is -0.360. The Balaban J connectivity index is 2.01. The van der Waals surface area contributed by atoms with Crippen LogP contribution in [0.25, 0.3) is 0 Å². The lowest BCUT2D eigenvalue weighted by Crippen LogP contribution is -2.73.